The first-order chi connectivity index (χ1) is 20.3. The number of likely N-dealkylation sites (tertiary alicyclic amines) is 2. The topological polar surface area (TPSA) is 122 Å². The third kappa shape index (κ3) is 7.06. The number of benzene rings is 3. The third-order valence-corrected chi connectivity index (χ3v) is 8.66. The van der Waals surface area contributed by atoms with Gasteiger partial charge in [0.2, 0.25) is 17.7 Å². The highest BCUT2D eigenvalue weighted by atomic mass is 16.2. The monoisotopic (exact) mass is 567 g/mol. The molecule has 0 spiro atoms. The van der Waals surface area contributed by atoms with Gasteiger partial charge in [0.25, 0.3) is 0 Å². The summed E-state index contributed by atoms with van der Waals surface area (Å²) in [6.45, 7) is 4.91. The number of primary amides is 1. The SMILES string of the molecule is CC(N)C(=O)NC(Cc1cccc(C(N)=O)c1)C(=O)N1C[C@@H](c2ccccc2)C[C@H]1CN1CCC(c2ccccc2)C1. The highest BCUT2D eigenvalue weighted by molar-refractivity contribution is 5.93. The van der Waals surface area contributed by atoms with Crippen LogP contribution in [0.3, 0.4) is 0 Å². The summed E-state index contributed by atoms with van der Waals surface area (Å²) < 4.78 is 0. The van der Waals surface area contributed by atoms with Crippen LogP contribution in [0.4, 0.5) is 0 Å². The number of hydrogen-bond acceptors (Lipinski definition) is 5. The summed E-state index contributed by atoms with van der Waals surface area (Å²) in [5.41, 5.74) is 15.1. The number of nitrogens with one attached hydrogen (secondary N) is 1. The second-order valence-corrected chi connectivity index (χ2v) is 11.8. The molecule has 5 N–H and O–H groups in total. The van der Waals surface area contributed by atoms with Crippen molar-refractivity contribution < 1.29 is 14.4 Å². The van der Waals surface area contributed by atoms with Crippen molar-refractivity contribution in [3.8, 4) is 0 Å². The normalized spacial score (nSPS) is 22.0. The summed E-state index contributed by atoms with van der Waals surface area (Å²) in [7, 11) is 0. The molecule has 3 aromatic carbocycles. The van der Waals surface area contributed by atoms with E-state index in [2.05, 4.69) is 46.6 Å². The molecule has 5 rings (SSSR count). The molecule has 0 bridgehead atoms. The first-order valence-corrected chi connectivity index (χ1v) is 14.9. The van der Waals surface area contributed by atoms with Crippen LogP contribution in [0.25, 0.3) is 0 Å². The predicted octanol–water partition coefficient (Wildman–Crippen LogP) is 3.03. The van der Waals surface area contributed by atoms with Crippen molar-refractivity contribution in [1.29, 1.82) is 0 Å². The summed E-state index contributed by atoms with van der Waals surface area (Å²) in [6.07, 6.45) is 2.18. The van der Waals surface area contributed by atoms with Gasteiger partial charge in [0.05, 0.1) is 6.04 Å². The first-order valence-electron chi connectivity index (χ1n) is 14.9. The molecule has 3 unspecified atom stereocenters. The second kappa shape index (κ2) is 13.3. The molecule has 0 aliphatic carbocycles. The fraction of sp³-hybridized carbons (Fsp3) is 0.382. The Kier molecular flexibility index (Phi) is 9.35. The van der Waals surface area contributed by atoms with E-state index in [0.717, 1.165) is 38.0 Å². The van der Waals surface area contributed by atoms with Gasteiger partial charge in [-0.1, -0.05) is 72.8 Å². The van der Waals surface area contributed by atoms with Gasteiger partial charge >= 0.3 is 0 Å². The van der Waals surface area contributed by atoms with Crippen molar-refractivity contribution in [3.05, 3.63) is 107 Å². The molecular formula is C34H41N5O3. The summed E-state index contributed by atoms with van der Waals surface area (Å²) >= 11 is 0. The van der Waals surface area contributed by atoms with Gasteiger partial charge in [0, 0.05) is 43.6 Å². The van der Waals surface area contributed by atoms with Gasteiger partial charge in [-0.25, -0.2) is 0 Å². The minimum absolute atomic E-state index is 0.00360. The van der Waals surface area contributed by atoms with Crippen LogP contribution in [0.5, 0.6) is 0 Å². The smallest absolute Gasteiger partial charge is 0.248 e. The van der Waals surface area contributed by atoms with Crippen LogP contribution < -0.4 is 16.8 Å². The molecule has 0 radical (unpaired) electrons. The third-order valence-electron chi connectivity index (χ3n) is 8.66. The van der Waals surface area contributed by atoms with E-state index in [1.165, 1.54) is 11.1 Å². The van der Waals surface area contributed by atoms with Gasteiger partial charge in [0.15, 0.2) is 0 Å². The Morgan fingerprint density at radius 1 is 0.905 bits per heavy atom. The van der Waals surface area contributed by atoms with Crippen LogP contribution >= 0.6 is 0 Å². The zero-order valence-corrected chi connectivity index (χ0v) is 24.2. The lowest BCUT2D eigenvalue weighted by Crippen LogP contribution is -2.55. The van der Waals surface area contributed by atoms with Gasteiger partial charge in [0.1, 0.15) is 6.04 Å². The average Bonchev–Trinajstić information content (AvgIpc) is 3.65. The Morgan fingerprint density at radius 2 is 1.57 bits per heavy atom. The first kappa shape index (κ1) is 29.5. The largest absolute Gasteiger partial charge is 0.366 e. The average molecular weight is 568 g/mol. The summed E-state index contributed by atoms with van der Waals surface area (Å²) in [5, 5.41) is 2.90. The summed E-state index contributed by atoms with van der Waals surface area (Å²) in [4.78, 5) is 43.3. The van der Waals surface area contributed by atoms with E-state index < -0.39 is 18.0 Å². The molecule has 0 aromatic heterocycles. The van der Waals surface area contributed by atoms with Gasteiger partial charge < -0.3 is 26.6 Å². The van der Waals surface area contributed by atoms with Crippen LogP contribution in [-0.4, -0.2) is 71.8 Å². The van der Waals surface area contributed by atoms with Crippen LogP contribution in [0.15, 0.2) is 84.9 Å². The number of nitrogens with two attached hydrogens (primary N) is 2. The van der Waals surface area contributed by atoms with E-state index >= 15 is 0 Å². The van der Waals surface area contributed by atoms with Gasteiger partial charge in [-0.05, 0) is 61.1 Å². The van der Waals surface area contributed by atoms with Crippen LogP contribution in [-0.2, 0) is 16.0 Å². The summed E-state index contributed by atoms with van der Waals surface area (Å²) in [5.74, 6) is -0.368. The Bertz CT molecular complexity index is 1380. The minimum Gasteiger partial charge on any atom is -0.366 e. The van der Waals surface area contributed by atoms with E-state index in [0.29, 0.717) is 18.0 Å². The molecule has 2 aliphatic rings. The maximum absolute atomic E-state index is 14.3. The maximum atomic E-state index is 14.3. The van der Waals surface area contributed by atoms with Crippen LogP contribution in [0.2, 0.25) is 0 Å². The lowest BCUT2D eigenvalue weighted by molar-refractivity contribution is -0.137. The number of nitrogens with zero attached hydrogens (tertiary/aromatic N) is 2. The van der Waals surface area contributed by atoms with Gasteiger partial charge in [-0.2, -0.15) is 0 Å². The van der Waals surface area contributed by atoms with Gasteiger partial charge in [-0.3, -0.25) is 14.4 Å². The predicted molar refractivity (Wildman–Crippen MR) is 164 cm³/mol. The lowest BCUT2D eigenvalue weighted by atomic mass is 9.96. The molecule has 3 amide bonds. The zero-order valence-electron chi connectivity index (χ0n) is 24.2. The van der Waals surface area contributed by atoms with Crippen molar-refractivity contribution in [3.63, 3.8) is 0 Å². The van der Waals surface area contributed by atoms with E-state index in [9.17, 15) is 14.4 Å². The highest BCUT2D eigenvalue weighted by Crippen LogP contribution is 2.35. The fourth-order valence-electron chi connectivity index (χ4n) is 6.41. The number of carbonyl (C=O) groups excluding carboxylic acids is 3. The molecule has 2 fully saturated rings. The Labute approximate surface area is 248 Å². The second-order valence-electron chi connectivity index (χ2n) is 11.8. The van der Waals surface area contributed by atoms with Crippen LogP contribution in [0, 0.1) is 0 Å². The zero-order chi connectivity index (χ0) is 29.6. The molecule has 2 heterocycles. The molecule has 8 nitrogen and oxygen atoms in total. The number of amides is 3. The molecule has 2 saturated heterocycles. The van der Waals surface area contributed by atoms with Crippen molar-refractivity contribution >= 4 is 17.7 Å². The summed E-state index contributed by atoms with van der Waals surface area (Å²) in [6, 6.07) is 26.3. The molecule has 2 aliphatic heterocycles. The highest BCUT2D eigenvalue weighted by Gasteiger charge is 2.40. The molecule has 8 heteroatoms. The van der Waals surface area contributed by atoms with Crippen molar-refractivity contribution in [2.75, 3.05) is 26.2 Å². The molecule has 220 valence electrons. The molecular weight excluding hydrogens is 526 g/mol. The van der Waals surface area contributed by atoms with Crippen molar-refractivity contribution in [2.45, 2.75) is 56.1 Å². The van der Waals surface area contributed by atoms with E-state index in [4.69, 9.17) is 11.5 Å². The Balaban J connectivity index is 1.38. The standard InChI is InChI=1S/C34H41N5O3/c1-23(35)33(41)37-31(18-24-9-8-14-27(17-24)32(36)40)34(42)39-21-29(26-12-6-3-7-13-26)19-30(39)22-38-16-15-28(20-38)25-10-4-2-5-11-25/h2-14,17,23,28-31H,15-16,18-22,35H2,1H3,(H2,36,40)(H,37,41)/t23?,28?,29-,30-,31?/m0/s1. The fourth-order valence-corrected chi connectivity index (χ4v) is 6.41. The number of rotatable bonds is 10. The molecule has 42 heavy (non-hydrogen) atoms. The van der Waals surface area contributed by atoms with E-state index in [1.54, 1.807) is 25.1 Å². The van der Waals surface area contributed by atoms with E-state index in [1.807, 2.05) is 35.2 Å². The molecule has 0 saturated carbocycles. The van der Waals surface area contributed by atoms with E-state index in [-0.39, 0.29) is 30.2 Å². The lowest BCUT2D eigenvalue weighted by Gasteiger charge is -2.32. The minimum atomic E-state index is -0.820. The number of hydrogen-bond donors (Lipinski definition) is 3. The van der Waals surface area contributed by atoms with Crippen molar-refractivity contribution in [2.24, 2.45) is 11.5 Å². The van der Waals surface area contributed by atoms with Crippen LogP contribution in [0.1, 0.15) is 58.6 Å². The van der Waals surface area contributed by atoms with Crippen molar-refractivity contribution in [1.82, 2.24) is 15.1 Å². The number of carbonyl (C=O) groups is 3. The Hall–Kier alpha value is -4.01. The van der Waals surface area contributed by atoms with Gasteiger partial charge in [-0.15, -0.1) is 0 Å². The maximum Gasteiger partial charge on any atom is 0.248 e. The Morgan fingerprint density at radius 3 is 2.21 bits per heavy atom. The molecule has 3 aromatic rings. The quantitative estimate of drug-likeness (QED) is 0.348. The molecule has 5 atom stereocenters.